The first-order valence-corrected chi connectivity index (χ1v) is 8.69. The summed E-state index contributed by atoms with van der Waals surface area (Å²) in [6, 6.07) is 18.3. The number of benzene rings is 2. The van der Waals surface area contributed by atoms with E-state index in [9.17, 15) is 14.4 Å². The summed E-state index contributed by atoms with van der Waals surface area (Å²) >= 11 is 0. The number of nitrogens with one attached hydrogen (secondary N) is 1. The van der Waals surface area contributed by atoms with Gasteiger partial charge in [0.05, 0.1) is 14.2 Å². The highest BCUT2D eigenvalue weighted by atomic mass is 16.5. The molecular weight excluding hydrogens is 358 g/mol. The van der Waals surface area contributed by atoms with Gasteiger partial charge in [-0.05, 0) is 11.1 Å². The lowest BCUT2D eigenvalue weighted by atomic mass is 9.78. The molecule has 2 aromatic rings. The van der Waals surface area contributed by atoms with Gasteiger partial charge in [-0.1, -0.05) is 72.8 Å². The van der Waals surface area contributed by atoms with Crippen LogP contribution in [0.5, 0.6) is 0 Å². The number of hydrogen-bond acceptors (Lipinski definition) is 5. The molecular formula is C22H23NO5. The average molecular weight is 381 g/mol. The highest BCUT2D eigenvalue weighted by Gasteiger charge is 2.55. The Labute approximate surface area is 164 Å². The zero-order valence-electron chi connectivity index (χ0n) is 16.0. The van der Waals surface area contributed by atoms with Crippen molar-refractivity contribution >= 4 is 23.9 Å². The van der Waals surface area contributed by atoms with Crippen LogP contribution in [0.2, 0.25) is 0 Å². The fourth-order valence-electron chi connectivity index (χ4n) is 3.05. The van der Waals surface area contributed by atoms with Crippen LogP contribution in [-0.2, 0) is 23.9 Å². The van der Waals surface area contributed by atoms with Crippen LogP contribution in [0.1, 0.15) is 24.0 Å². The lowest BCUT2D eigenvalue weighted by Crippen LogP contribution is -2.63. The van der Waals surface area contributed by atoms with E-state index in [4.69, 9.17) is 9.47 Å². The maximum absolute atomic E-state index is 12.8. The molecule has 2 aromatic carbocycles. The summed E-state index contributed by atoms with van der Waals surface area (Å²) in [5.41, 5.74) is -0.559. The third-order valence-corrected chi connectivity index (χ3v) is 4.29. The Morgan fingerprint density at radius 2 is 1.39 bits per heavy atom. The summed E-state index contributed by atoms with van der Waals surface area (Å²) in [4.78, 5) is 37.6. The van der Waals surface area contributed by atoms with Crippen LogP contribution in [0.4, 0.5) is 0 Å². The van der Waals surface area contributed by atoms with E-state index < -0.39 is 29.3 Å². The lowest BCUT2D eigenvalue weighted by molar-refractivity contribution is -0.166. The molecule has 0 spiro atoms. The molecule has 6 nitrogen and oxygen atoms in total. The van der Waals surface area contributed by atoms with E-state index in [1.54, 1.807) is 36.4 Å². The van der Waals surface area contributed by atoms with Gasteiger partial charge in [0.15, 0.2) is 0 Å². The molecule has 0 bridgehead atoms. The first-order chi connectivity index (χ1) is 13.5. The van der Waals surface area contributed by atoms with Gasteiger partial charge in [0, 0.05) is 12.8 Å². The van der Waals surface area contributed by atoms with Gasteiger partial charge in [-0.25, -0.2) is 9.59 Å². The van der Waals surface area contributed by atoms with E-state index in [1.807, 2.05) is 36.4 Å². The molecule has 1 amide bonds. The molecule has 0 heterocycles. The minimum atomic E-state index is -2.07. The third kappa shape index (κ3) is 4.46. The second-order valence-electron chi connectivity index (χ2n) is 6.13. The number of esters is 2. The van der Waals surface area contributed by atoms with Crippen molar-refractivity contribution in [3.63, 3.8) is 0 Å². The van der Waals surface area contributed by atoms with E-state index >= 15 is 0 Å². The molecule has 146 valence electrons. The Balaban J connectivity index is 2.70. The SMILES string of the molecule is COC(=O)C(NC(C)=O)(C(=O)OC)[C@@H](/C=C/c1ccccc1)c1ccccc1. The van der Waals surface area contributed by atoms with Crippen molar-refractivity contribution in [3.8, 4) is 0 Å². The standard InChI is InChI=1S/C22H23NO5/c1-16(24)23-22(20(25)27-2,21(26)28-3)19(18-12-8-5-9-13-18)15-14-17-10-6-4-7-11-17/h4-15,19H,1-3H3,(H,23,24)/b15-14+/t19-/m0/s1. The molecule has 0 unspecified atom stereocenters. The van der Waals surface area contributed by atoms with Gasteiger partial charge in [0.25, 0.3) is 0 Å². The molecule has 0 saturated heterocycles. The molecule has 1 N–H and O–H groups in total. The van der Waals surface area contributed by atoms with Crippen molar-refractivity contribution < 1.29 is 23.9 Å². The Morgan fingerprint density at radius 3 is 1.86 bits per heavy atom. The van der Waals surface area contributed by atoms with Gasteiger partial charge in [-0.2, -0.15) is 0 Å². The number of carbonyl (C=O) groups is 3. The van der Waals surface area contributed by atoms with E-state index in [-0.39, 0.29) is 0 Å². The molecule has 0 radical (unpaired) electrons. The monoisotopic (exact) mass is 381 g/mol. The van der Waals surface area contributed by atoms with Crippen molar-refractivity contribution in [1.82, 2.24) is 5.32 Å². The topological polar surface area (TPSA) is 81.7 Å². The zero-order valence-corrected chi connectivity index (χ0v) is 16.0. The summed E-state index contributed by atoms with van der Waals surface area (Å²) in [6.45, 7) is 1.23. The smallest absolute Gasteiger partial charge is 0.344 e. The predicted molar refractivity (Wildman–Crippen MR) is 105 cm³/mol. The first-order valence-electron chi connectivity index (χ1n) is 8.69. The van der Waals surface area contributed by atoms with Crippen LogP contribution in [0.3, 0.4) is 0 Å². The van der Waals surface area contributed by atoms with Crippen molar-refractivity contribution in [2.24, 2.45) is 0 Å². The summed E-state index contributed by atoms with van der Waals surface area (Å²) < 4.78 is 9.81. The largest absolute Gasteiger partial charge is 0.467 e. The number of ether oxygens (including phenoxy) is 2. The normalized spacial score (nSPS) is 12.2. The van der Waals surface area contributed by atoms with Crippen LogP contribution in [0.25, 0.3) is 6.08 Å². The summed E-state index contributed by atoms with van der Waals surface area (Å²) in [7, 11) is 2.32. The summed E-state index contributed by atoms with van der Waals surface area (Å²) in [6.07, 6.45) is 3.47. The maximum atomic E-state index is 12.8. The summed E-state index contributed by atoms with van der Waals surface area (Å²) in [5.74, 6) is -3.26. The van der Waals surface area contributed by atoms with Crippen molar-refractivity contribution in [3.05, 3.63) is 77.9 Å². The number of amides is 1. The molecule has 0 fully saturated rings. The summed E-state index contributed by atoms with van der Waals surface area (Å²) in [5, 5.41) is 2.49. The predicted octanol–water partition coefficient (Wildman–Crippen LogP) is 2.70. The third-order valence-electron chi connectivity index (χ3n) is 4.29. The zero-order chi connectivity index (χ0) is 20.6. The average Bonchev–Trinajstić information content (AvgIpc) is 2.73. The Kier molecular flexibility index (Phi) is 7.09. The van der Waals surface area contributed by atoms with Crippen molar-refractivity contribution in [2.75, 3.05) is 14.2 Å². The minimum Gasteiger partial charge on any atom is -0.467 e. The highest BCUT2D eigenvalue weighted by molar-refractivity contribution is 6.09. The Hall–Kier alpha value is -3.41. The quantitative estimate of drug-likeness (QED) is 0.589. The van der Waals surface area contributed by atoms with Gasteiger partial charge in [-0.3, -0.25) is 4.79 Å². The highest BCUT2D eigenvalue weighted by Crippen LogP contribution is 2.33. The molecule has 0 aliphatic rings. The van der Waals surface area contributed by atoms with Crippen LogP contribution in [0.15, 0.2) is 66.7 Å². The molecule has 28 heavy (non-hydrogen) atoms. The van der Waals surface area contributed by atoms with Crippen molar-refractivity contribution in [1.29, 1.82) is 0 Å². The lowest BCUT2D eigenvalue weighted by Gasteiger charge is -2.34. The second-order valence-corrected chi connectivity index (χ2v) is 6.13. The minimum absolute atomic E-state index is 0.565. The van der Waals surface area contributed by atoms with Crippen LogP contribution >= 0.6 is 0 Å². The second kappa shape index (κ2) is 9.50. The van der Waals surface area contributed by atoms with Crippen LogP contribution in [-0.4, -0.2) is 37.6 Å². The first kappa shape index (κ1) is 20.9. The van der Waals surface area contributed by atoms with E-state index in [2.05, 4.69) is 5.32 Å². The number of carbonyl (C=O) groups excluding carboxylic acids is 3. The molecule has 0 aliphatic carbocycles. The molecule has 2 rings (SSSR count). The molecule has 1 atom stereocenters. The molecule has 0 aliphatic heterocycles. The Morgan fingerprint density at radius 1 is 0.893 bits per heavy atom. The number of rotatable bonds is 7. The number of methoxy groups -OCH3 is 2. The molecule has 0 aromatic heterocycles. The van der Waals surface area contributed by atoms with E-state index in [0.717, 1.165) is 19.8 Å². The van der Waals surface area contributed by atoms with Gasteiger partial charge in [0.2, 0.25) is 11.4 Å². The van der Waals surface area contributed by atoms with Crippen LogP contribution in [0, 0.1) is 0 Å². The van der Waals surface area contributed by atoms with Crippen LogP contribution < -0.4 is 5.32 Å². The molecule has 6 heteroatoms. The van der Waals surface area contributed by atoms with E-state index in [0.29, 0.717) is 5.56 Å². The number of hydrogen-bond donors (Lipinski definition) is 1. The molecule has 0 saturated carbocycles. The van der Waals surface area contributed by atoms with E-state index in [1.165, 1.54) is 6.92 Å². The van der Waals surface area contributed by atoms with Gasteiger partial charge in [0.1, 0.15) is 0 Å². The fourth-order valence-corrected chi connectivity index (χ4v) is 3.05. The van der Waals surface area contributed by atoms with Gasteiger partial charge < -0.3 is 14.8 Å². The maximum Gasteiger partial charge on any atom is 0.344 e. The van der Waals surface area contributed by atoms with Gasteiger partial charge >= 0.3 is 11.9 Å². The Bertz CT molecular complexity index is 830. The van der Waals surface area contributed by atoms with Crippen molar-refractivity contribution in [2.45, 2.75) is 18.4 Å². The van der Waals surface area contributed by atoms with Gasteiger partial charge in [-0.15, -0.1) is 0 Å². The fraction of sp³-hybridized carbons (Fsp3) is 0.227.